The number of hydrogen-bond acceptors (Lipinski definition) is 1. The zero-order chi connectivity index (χ0) is 7.11. The van der Waals surface area contributed by atoms with Crippen molar-refractivity contribution in [3.8, 4) is 0 Å². The highest BCUT2D eigenvalue weighted by atomic mass is 19.1. The van der Waals surface area contributed by atoms with Crippen LogP contribution >= 0.6 is 0 Å². The van der Waals surface area contributed by atoms with Crippen molar-refractivity contribution < 1.29 is 4.39 Å². The number of halogens is 1. The highest BCUT2D eigenvalue weighted by Gasteiger charge is 1.90. The third-order valence-electron chi connectivity index (χ3n) is 1.04. The zero-order valence-electron chi connectivity index (χ0n) is 6.28. The van der Waals surface area contributed by atoms with Crippen LogP contribution in [0.3, 0.4) is 0 Å². The second-order valence-corrected chi connectivity index (χ2v) is 2.64. The van der Waals surface area contributed by atoms with E-state index in [1.54, 1.807) is 0 Å². The molecular weight excluding hydrogens is 117 g/mol. The molecule has 0 amide bonds. The molecule has 0 saturated heterocycles. The fourth-order valence-corrected chi connectivity index (χ4v) is 0.583. The van der Waals surface area contributed by atoms with Gasteiger partial charge in [-0.25, -0.2) is 0 Å². The molecule has 0 fully saturated rings. The average Bonchev–Trinajstić information content (AvgIpc) is 1.80. The van der Waals surface area contributed by atoms with Gasteiger partial charge >= 0.3 is 0 Å². The highest BCUT2D eigenvalue weighted by molar-refractivity contribution is 4.49. The van der Waals surface area contributed by atoms with Crippen molar-refractivity contribution >= 4 is 0 Å². The zero-order valence-corrected chi connectivity index (χ0v) is 6.28. The first-order chi connectivity index (χ1) is 4.27. The molecule has 0 atom stereocenters. The van der Waals surface area contributed by atoms with E-state index in [4.69, 9.17) is 0 Å². The molecule has 0 spiro atoms. The molecule has 0 saturated carbocycles. The lowest BCUT2D eigenvalue weighted by Gasteiger charge is -2.04. The van der Waals surface area contributed by atoms with E-state index in [2.05, 4.69) is 19.2 Å². The van der Waals surface area contributed by atoms with Crippen LogP contribution in [-0.2, 0) is 0 Å². The van der Waals surface area contributed by atoms with Gasteiger partial charge in [0.1, 0.15) is 0 Å². The first kappa shape index (κ1) is 8.89. The van der Waals surface area contributed by atoms with E-state index < -0.39 is 0 Å². The smallest absolute Gasteiger partial charge is 0.0906 e. The molecule has 0 unspecified atom stereocenters. The van der Waals surface area contributed by atoms with Crippen molar-refractivity contribution in [3.63, 3.8) is 0 Å². The topological polar surface area (TPSA) is 12.0 Å². The van der Waals surface area contributed by atoms with Crippen molar-refractivity contribution in [2.75, 3.05) is 19.8 Å². The van der Waals surface area contributed by atoms with Crippen LogP contribution in [0, 0.1) is 5.92 Å². The summed E-state index contributed by atoms with van der Waals surface area (Å²) in [5.74, 6) is 0.671. The maximum absolute atomic E-state index is 11.5. The first-order valence-corrected chi connectivity index (χ1v) is 3.54. The Balaban J connectivity index is 2.75. The lowest BCUT2D eigenvalue weighted by Crippen LogP contribution is -2.20. The summed E-state index contributed by atoms with van der Waals surface area (Å²) in [6, 6.07) is 0. The van der Waals surface area contributed by atoms with E-state index in [1.165, 1.54) is 0 Å². The molecule has 0 bridgehead atoms. The molecule has 1 N–H and O–H groups in total. The van der Waals surface area contributed by atoms with Crippen LogP contribution in [0.5, 0.6) is 0 Å². The molecule has 0 heterocycles. The third kappa shape index (κ3) is 7.89. The Hall–Kier alpha value is -0.110. The maximum atomic E-state index is 11.5. The fraction of sp³-hybridized carbons (Fsp3) is 1.00. The Morgan fingerprint density at radius 2 is 2.11 bits per heavy atom. The molecule has 0 rings (SSSR count). The fourth-order valence-electron chi connectivity index (χ4n) is 0.583. The minimum absolute atomic E-state index is 0.203. The second kappa shape index (κ2) is 6.02. The van der Waals surface area contributed by atoms with Crippen LogP contribution in [0.2, 0.25) is 0 Å². The van der Waals surface area contributed by atoms with E-state index in [9.17, 15) is 4.39 Å². The Labute approximate surface area is 56.6 Å². The molecule has 0 aliphatic heterocycles. The van der Waals surface area contributed by atoms with E-state index in [0.29, 0.717) is 12.3 Å². The van der Waals surface area contributed by atoms with Gasteiger partial charge in [0.15, 0.2) is 0 Å². The SMILES string of the molecule is CC(C)CNCCCF. The van der Waals surface area contributed by atoms with Gasteiger partial charge in [0.25, 0.3) is 0 Å². The Morgan fingerprint density at radius 3 is 2.56 bits per heavy atom. The lowest BCUT2D eigenvalue weighted by molar-refractivity contribution is 0.449. The number of nitrogens with one attached hydrogen (secondary N) is 1. The van der Waals surface area contributed by atoms with Gasteiger partial charge in [0.2, 0.25) is 0 Å². The minimum atomic E-state index is -0.203. The first-order valence-electron chi connectivity index (χ1n) is 3.54. The summed E-state index contributed by atoms with van der Waals surface area (Å²) in [6.07, 6.45) is 0.646. The van der Waals surface area contributed by atoms with E-state index in [-0.39, 0.29) is 6.67 Å². The molecule has 9 heavy (non-hydrogen) atoms. The summed E-state index contributed by atoms with van der Waals surface area (Å²) in [5.41, 5.74) is 0. The highest BCUT2D eigenvalue weighted by Crippen LogP contribution is 1.86. The maximum Gasteiger partial charge on any atom is 0.0906 e. The van der Waals surface area contributed by atoms with Gasteiger partial charge in [-0.3, -0.25) is 4.39 Å². The number of hydrogen-bond donors (Lipinski definition) is 1. The van der Waals surface area contributed by atoms with Gasteiger partial charge < -0.3 is 5.32 Å². The predicted molar refractivity (Wildman–Crippen MR) is 38.3 cm³/mol. The molecule has 2 heteroatoms. The quantitative estimate of drug-likeness (QED) is 0.561. The molecule has 56 valence electrons. The Morgan fingerprint density at radius 1 is 1.44 bits per heavy atom. The van der Waals surface area contributed by atoms with Crippen LogP contribution < -0.4 is 5.32 Å². The molecule has 0 aromatic heterocycles. The summed E-state index contributed by atoms with van der Waals surface area (Å²) in [4.78, 5) is 0. The summed E-state index contributed by atoms with van der Waals surface area (Å²) >= 11 is 0. The predicted octanol–water partition coefficient (Wildman–Crippen LogP) is 1.59. The van der Waals surface area contributed by atoms with E-state index in [1.807, 2.05) is 0 Å². The number of rotatable bonds is 5. The molecule has 0 aromatic carbocycles. The van der Waals surface area contributed by atoms with Crippen molar-refractivity contribution in [3.05, 3.63) is 0 Å². The van der Waals surface area contributed by atoms with Gasteiger partial charge in [0, 0.05) is 0 Å². The third-order valence-corrected chi connectivity index (χ3v) is 1.04. The van der Waals surface area contributed by atoms with E-state index >= 15 is 0 Å². The van der Waals surface area contributed by atoms with Crippen molar-refractivity contribution in [2.45, 2.75) is 20.3 Å². The van der Waals surface area contributed by atoms with Gasteiger partial charge in [-0.1, -0.05) is 13.8 Å². The Bertz CT molecular complexity index is 54.9. The molecule has 0 radical (unpaired) electrons. The van der Waals surface area contributed by atoms with Gasteiger partial charge in [-0.15, -0.1) is 0 Å². The van der Waals surface area contributed by atoms with Crippen molar-refractivity contribution in [1.82, 2.24) is 5.32 Å². The summed E-state index contributed by atoms with van der Waals surface area (Å²) < 4.78 is 11.5. The monoisotopic (exact) mass is 133 g/mol. The summed E-state index contributed by atoms with van der Waals surface area (Å²) in [5, 5.41) is 3.15. The summed E-state index contributed by atoms with van der Waals surface area (Å²) in [7, 11) is 0. The molecular formula is C7H16FN. The Kier molecular flexibility index (Phi) is 5.94. The van der Waals surface area contributed by atoms with E-state index in [0.717, 1.165) is 13.1 Å². The van der Waals surface area contributed by atoms with Gasteiger partial charge in [-0.05, 0) is 25.4 Å². The van der Waals surface area contributed by atoms with Gasteiger partial charge in [0.05, 0.1) is 6.67 Å². The molecule has 0 aromatic rings. The largest absolute Gasteiger partial charge is 0.316 e. The number of alkyl halides is 1. The van der Waals surface area contributed by atoms with Gasteiger partial charge in [-0.2, -0.15) is 0 Å². The summed E-state index contributed by atoms with van der Waals surface area (Å²) in [6.45, 7) is 5.89. The van der Waals surface area contributed by atoms with Crippen LogP contribution in [0.1, 0.15) is 20.3 Å². The molecule has 1 nitrogen and oxygen atoms in total. The average molecular weight is 133 g/mol. The standard InChI is InChI=1S/C7H16FN/c1-7(2)6-9-5-3-4-8/h7,9H,3-6H2,1-2H3. The normalized spacial score (nSPS) is 10.7. The van der Waals surface area contributed by atoms with Crippen molar-refractivity contribution in [1.29, 1.82) is 0 Å². The second-order valence-electron chi connectivity index (χ2n) is 2.64. The molecule has 0 aliphatic carbocycles. The minimum Gasteiger partial charge on any atom is -0.316 e. The van der Waals surface area contributed by atoms with Crippen molar-refractivity contribution in [2.24, 2.45) is 5.92 Å². The van der Waals surface area contributed by atoms with Crippen LogP contribution in [0.4, 0.5) is 4.39 Å². The van der Waals surface area contributed by atoms with Crippen LogP contribution in [0.25, 0.3) is 0 Å². The molecule has 0 aliphatic rings. The lowest BCUT2D eigenvalue weighted by atomic mass is 10.2. The van der Waals surface area contributed by atoms with Crippen LogP contribution in [0.15, 0.2) is 0 Å². The van der Waals surface area contributed by atoms with Crippen LogP contribution in [-0.4, -0.2) is 19.8 Å².